The highest BCUT2D eigenvalue weighted by molar-refractivity contribution is 6.74. The molecule has 0 unspecified atom stereocenters. The first-order chi connectivity index (χ1) is 19.5. The second kappa shape index (κ2) is 12.4. The van der Waals surface area contributed by atoms with Gasteiger partial charge >= 0.3 is 6.09 Å². The van der Waals surface area contributed by atoms with Crippen molar-refractivity contribution < 1.29 is 19.1 Å². The van der Waals surface area contributed by atoms with Gasteiger partial charge in [-0.25, -0.2) is 4.79 Å². The molecule has 1 aliphatic carbocycles. The summed E-state index contributed by atoms with van der Waals surface area (Å²) in [7, 11) is -1.96. The van der Waals surface area contributed by atoms with E-state index in [4.69, 9.17) is 20.8 Å². The largest absolute Gasteiger partial charge is 0.543 e. The molecule has 1 aliphatic rings. The fraction of sp³-hybridized carbons (Fsp3) is 0.457. The van der Waals surface area contributed by atoms with Gasteiger partial charge in [0.15, 0.2) is 0 Å². The number of nitrogens with zero attached hydrogens (tertiary/aromatic N) is 1. The van der Waals surface area contributed by atoms with Crippen molar-refractivity contribution in [2.24, 2.45) is 0 Å². The third-order valence-electron chi connectivity index (χ3n) is 8.43. The predicted octanol–water partition coefficient (Wildman–Crippen LogP) is 9.22. The standard InChI is InChI=1S/C35H46ClNO4Si/c1-34(2,3)40-33(39)37(23-32(38)27-12-9-13-29(36)20-27)30-18-17-24-15-16-26(19-28(24)21-30)25-11-10-14-31(22-25)41-42(7,8)35(4,5)6/h9-16,19-20,22,30,32,38H,17-18,21,23H2,1-8H3/t30-,32+/m0/s1. The van der Waals surface area contributed by atoms with Gasteiger partial charge in [-0.05, 0) is 110 Å². The van der Waals surface area contributed by atoms with Crippen molar-refractivity contribution in [1.29, 1.82) is 0 Å². The van der Waals surface area contributed by atoms with Crippen LogP contribution in [0.1, 0.15) is 70.8 Å². The number of aryl methyl sites for hydroxylation is 1. The Balaban J connectivity index is 1.59. The Morgan fingerprint density at radius 3 is 2.33 bits per heavy atom. The van der Waals surface area contributed by atoms with E-state index in [1.54, 1.807) is 17.0 Å². The van der Waals surface area contributed by atoms with Crippen molar-refractivity contribution in [3.8, 4) is 16.9 Å². The number of amides is 1. The van der Waals surface area contributed by atoms with Crippen molar-refractivity contribution in [2.75, 3.05) is 6.54 Å². The van der Waals surface area contributed by atoms with Gasteiger partial charge in [-0.15, -0.1) is 0 Å². The van der Waals surface area contributed by atoms with Gasteiger partial charge in [0.1, 0.15) is 11.4 Å². The topological polar surface area (TPSA) is 59.0 Å². The number of benzene rings is 3. The van der Waals surface area contributed by atoms with Crippen molar-refractivity contribution in [3.05, 3.63) is 88.4 Å². The smallest absolute Gasteiger partial charge is 0.410 e. The highest BCUT2D eigenvalue weighted by atomic mass is 35.5. The second-order valence-electron chi connectivity index (χ2n) is 14.0. The first-order valence-electron chi connectivity index (χ1n) is 14.9. The second-order valence-corrected chi connectivity index (χ2v) is 19.1. The molecule has 0 bridgehead atoms. The molecular formula is C35H46ClNO4Si. The molecule has 5 nitrogen and oxygen atoms in total. The van der Waals surface area contributed by atoms with E-state index in [0.29, 0.717) is 17.0 Å². The zero-order valence-electron chi connectivity index (χ0n) is 26.3. The van der Waals surface area contributed by atoms with Gasteiger partial charge in [0.2, 0.25) is 8.32 Å². The summed E-state index contributed by atoms with van der Waals surface area (Å²) in [5.74, 6) is 0.904. The zero-order valence-corrected chi connectivity index (χ0v) is 28.1. The Bertz CT molecular complexity index is 1410. The van der Waals surface area contributed by atoms with E-state index in [1.807, 2.05) is 39.0 Å². The predicted molar refractivity (Wildman–Crippen MR) is 175 cm³/mol. The van der Waals surface area contributed by atoms with Gasteiger partial charge in [0.05, 0.1) is 12.6 Å². The van der Waals surface area contributed by atoms with Crippen molar-refractivity contribution in [2.45, 2.75) is 96.7 Å². The number of aliphatic hydroxyl groups excluding tert-OH is 1. The van der Waals surface area contributed by atoms with Crippen LogP contribution in [-0.2, 0) is 17.6 Å². The van der Waals surface area contributed by atoms with E-state index in [9.17, 15) is 9.90 Å². The lowest BCUT2D eigenvalue weighted by molar-refractivity contribution is 0.00196. The molecule has 0 fully saturated rings. The third kappa shape index (κ3) is 7.97. The molecule has 1 N–H and O–H groups in total. The number of rotatable bonds is 7. The van der Waals surface area contributed by atoms with Crippen LogP contribution in [0.3, 0.4) is 0 Å². The van der Waals surface area contributed by atoms with Crippen LogP contribution in [0.5, 0.6) is 5.75 Å². The van der Waals surface area contributed by atoms with Crippen molar-refractivity contribution in [3.63, 3.8) is 0 Å². The maximum atomic E-state index is 13.5. The number of aliphatic hydroxyl groups is 1. The summed E-state index contributed by atoms with van der Waals surface area (Å²) in [6.45, 7) is 17.0. The van der Waals surface area contributed by atoms with Crippen LogP contribution >= 0.6 is 11.6 Å². The maximum Gasteiger partial charge on any atom is 0.410 e. The monoisotopic (exact) mass is 607 g/mol. The molecule has 0 spiro atoms. The Morgan fingerprint density at radius 1 is 0.976 bits per heavy atom. The third-order valence-corrected chi connectivity index (χ3v) is 13.0. The summed E-state index contributed by atoms with van der Waals surface area (Å²) in [6, 6.07) is 22.0. The van der Waals surface area contributed by atoms with Crippen molar-refractivity contribution >= 4 is 26.0 Å². The quantitative estimate of drug-likeness (QED) is 0.272. The fourth-order valence-electron chi connectivity index (χ4n) is 5.07. The van der Waals surface area contributed by atoms with Crippen LogP contribution in [0, 0.1) is 0 Å². The van der Waals surface area contributed by atoms with Gasteiger partial charge in [-0.1, -0.05) is 74.8 Å². The molecule has 2 atom stereocenters. The molecule has 4 rings (SSSR count). The summed E-state index contributed by atoms with van der Waals surface area (Å²) in [5, 5.41) is 11.8. The first-order valence-corrected chi connectivity index (χ1v) is 18.2. The van der Waals surface area contributed by atoms with E-state index in [1.165, 1.54) is 11.1 Å². The van der Waals surface area contributed by atoms with Gasteiger partial charge in [0, 0.05) is 11.1 Å². The normalized spacial score (nSPS) is 16.4. The molecule has 0 radical (unpaired) electrons. The minimum Gasteiger partial charge on any atom is -0.543 e. The summed E-state index contributed by atoms with van der Waals surface area (Å²) in [5.41, 5.74) is 4.77. The van der Waals surface area contributed by atoms with Crippen LogP contribution in [0.25, 0.3) is 11.1 Å². The molecular weight excluding hydrogens is 562 g/mol. The number of ether oxygens (including phenoxy) is 1. The Hall–Kier alpha value is -2.80. The highest BCUT2D eigenvalue weighted by Gasteiger charge is 2.39. The molecule has 0 heterocycles. The number of halogens is 1. The van der Waals surface area contributed by atoms with E-state index in [2.05, 4.69) is 70.3 Å². The molecule has 3 aromatic carbocycles. The average Bonchev–Trinajstić information content (AvgIpc) is 2.89. The summed E-state index contributed by atoms with van der Waals surface area (Å²) >= 11 is 6.18. The Morgan fingerprint density at radius 2 is 1.67 bits per heavy atom. The molecule has 42 heavy (non-hydrogen) atoms. The molecule has 0 saturated carbocycles. The molecule has 1 amide bonds. The Labute approximate surface area is 257 Å². The van der Waals surface area contributed by atoms with E-state index in [0.717, 1.165) is 29.7 Å². The van der Waals surface area contributed by atoms with Crippen LogP contribution in [0.2, 0.25) is 23.2 Å². The average molecular weight is 608 g/mol. The van der Waals surface area contributed by atoms with Gasteiger partial charge < -0.3 is 19.2 Å². The summed E-state index contributed by atoms with van der Waals surface area (Å²) in [6.07, 6.45) is 1.03. The summed E-state index contributed by atoms with van der Waals surface area (Å²) < 4.78 is 12.4. The van der Waals surface area contributed by atoms with Gasteiger partial charge in [-0.2, -0.15) is 0 Å². The lowest BCUT2D eigenvalue weighted by atomic mass is 9.85. The lowest BCUT2D eigenvalue weighted by Gasteiger charge is -2.37. The molecule has 0 saturated heterocycles. The SMILES string of the molecule is CC(C)(C)OC(=O)N(C[C@@H](O)c1cccc(Cl)c1)[C@H]1CCc2ccc(-c3cccc(O[Si](C)(C)C(C)(C)C)c3)cc2C1. The van der Waals surface area contributed by atoms with Gasteiger partial charge in [-0.3, -0.25) is 0 Å². The first kappa shape index (κ1) is 32.1. The molecule has 3 aromatic rings. The van der Waals surface area contributed by atoms with E-state index in [-0.39, 0.29) is 17.6 Å². The highest BCUT2D eigenvalue weighted by Crippen LogP contribution is 2.38. The van der Waals surface area contributed by atoms with Gasteiger partial charge in [0.25, 0.3) is 0 Å². The van der Waals surface area contributed by atoms with Crippen LogP contribution in [-0.4, -0.2) is 42.6 Å². The van der Waals surface area contributed by atoms with Crippen molar-refractivity contribution in [1.82, 2.24) is 4.90 Å². The van der Waals surface area contributed by atoms with Crippen LogP contribution in [0.4, 0.5) is 4.79 Å². The minimum atomic E-state index is -1.96. The van der Waals surface area contributed by atoms with Crippen LogP contribution < -0.4 is 4.43 Å². The number of carbonyl (C=O) groups is 1. The number of hydrogen-bond acceptors (Lipinski definition) is 4. The molecule has 7 heteroatoms. The van der Waals surface area contributed by atoms with E-state index >= 15 is 0 Å². The number of fused-ring (bicyclic) bond motifs is 1. The van der Waals surface area contributed by atoms with E-state index < -0.39 is 26.1 Å². The molecule has 0 aromatic heterocycles. The molecule has 226 valence electrons. The minimum absolute atomic E-state index is 0.107. The summed E-state index contributed by atoms with van der Waals surface area (Å²) in [4.78, 5) is 15.2. The zero-order chi connectivity index (χ0) is 30.9. The maximum absolute atomic E-state index is 13.5. The Kier molecular flexibility index (Phi) is 9.51. The number of hydrogen-bond donors (Lipinski definition) is 1. The molecule has 0 aliphatic heterocycles. The van der Waals surface area contributed by atoms with Crippen LogP contribution in [0.15, 0.2) is 66.7 Å². The fourth-order valence-corrected chi connectivity index (χ4v) is 6.29. The lowest BCUT2D eigenvalue weighted by Crippen LogP contribution is -2.47. The number of carbonyl (C=O) groups excluding carboxylic acids is 1.